The molecule has 4 rings (SSSR count). The molecule has 0 aromatic carbocycles. The molecule has 0 bridgehead atoms. The Bertz CT molecular complexity index is 659. The summed E-state index contributed by atoms with van der Waals surface area (Å²) in [4.78, 5) is 25.3. The van der Waals surface area contributed by atoms with Gasteiger partial charge in [-0.25, -0.2) is 0 Å². The summed E-state index contributed by atoms with van der Waals surface area (Å²) in [7, 11) is 1.45. The predicted octanol–water partition coefficient (Wildman–Crippen LogP) is 4.77. The highest BCUT2D eigenvalue weighted by Crippen LogP contribution is 2.67. The molecule has 29 heavy (non-hydrogen) atoms. The van der Waals surface area contributed by atoms with Gasteiger partial charge in [-0.2, -0.15) is 0 Å². The third-order valence-electron chi connectivity index (χ3n) is 10.3. The Morgan fingerprint density at radius 1 is 1.17 bits per heavy atom. The molecule has 1 N–H and O–H groups in total. The first-order chi connectivity index (χ1) is 13.7. The molecule has 4 aliphatic carbocycles. The van der Waals surface area contributed by atoms with Crippen LogP contribution in [0.2, 0.25) is 0 Å². The van der Waals surface area contributed by atoms with E-state index in [1.54, 1.807) is 0 Å². The van der Waals surface area contributed by atoms with Crippen LogP contribution in [0, 0.1) is 46.3 Å². The summed E-state index contributed by atoms with van der Waals surface area (Å²) in [5, 5.41) is 10.2. The minimum Gasteiger partial charge on any atom is -0.469 e. The van der Waals surface area contributed by atoms with Crippen LogP contribution in [0.5, 0.6) is 0 Å². The average molecular weight is 405 g/mol. The van der Waals surface area contributed by atoms with Crippen molar-refractivity contribution in [2.45, 2.75) is 91.1 Å². The molecule has 0 heterocycles. The minimum absolute atomic E-state index is 0.138. The van der Waals surface area contributed by atoms with Gasteiger partial charge in [0.25, 0.3) is 0 Å². The molecule has 0 spiro atoms. The number of ketones is 1. The van der Waals surface area contributed by atoms with Crippen molar-refractivity contribution in [1.29, 1.82) is 0 Å². The van der Waals surface area contributed by atoms with E-state index in [1.807, 2.05) is 0 Å². The molecule has 0 saturated heterocycles. The number of aliphatic hydroxyl groups excluding tert-OH is 1. The number of aliphatic hydroxyl groups is 1. The van der Waals surface area contributed by atoms with Crippen LogP contribution in [0.15, 0.2) is 0 Å². The van der Waals surface area contributed by atoms with E-state index in [0.29, 0.717) is 47.7 Å². The molecule has 9 atom stereocenters. The quantitative estimate of drug-likeness (QED) is 0.685. The van der Waals surface area contributed by atoms with Crippen LogP contribution in [0.1, 0.15) is 85.0 Å². The van der Waals surface area contributed by atoms with E-state index < -0.39 is 0 Å². The third kappa shape index (κ3) is 3.28. The molecule has 0 aromatic rings. The number of hydrogen-bond acceptors (Lipinski definition) is 4. The number of methoxy groups -OCH3 is 1. The number of Topliss-reactive ketones (excluding diaryl/α,β-unsaturated/α-hetero) is 1. The maximum absolute atomic E-state index is 13.7. The summed E-state index contributed by atoms with van der Waals surface area (Å²) in [6.07, 6.45) is 9.53. The van der Waals surface area contributed by atoms with E-state index in [9.17, 15) is 14.7 Å². The van der Waals surface area contributed by atoms with Crippen molar-refractivity contribution in [3.05, 3.63) is 0 Å². The van der Waals surface area contributed by atoms with Crippen LogP contribution in [0.4, 0.5) is 0 Å². The molecular formula is C25H40O4. The molecular weight excluding hydrogens is 364 g/mol. The van der Waals surface area contributed by atoms with Crippen molar-refractivity contribution in [2.24, 2.45) is 46.3 Å². The van der Waals surface area contributed by atoms with Gasteiger partial charge in [-0.05, 0) is 92.3 Å². The Labute approximate surface area is 176 Å². The average Bonchev–Trinajstić information content (AvgIpc) is 3.06. The van der Waals surface area contributed by atoms with E-state index >= 15 is 0 Å². The molecule has 4 fully saturated rings. The number of carbonyl (C=O) groups excluding carboxylic acids is 2. The van der Waals surface area contributed by atoms with Gasteiger partial charge in [0.15, 0.2) is 0 Å². The highest BCUT2D eigenvalue weighted by Gasteiger charge is 2.63. The Balaban J connectivity index is 1.54. The molecule has 0 radical (unpaired) electrons. The van der Waals surface area contributed by atoms with Crippen LogP contribution in [-0.2, 0) is 14.3 Å². The third-order valence-corrected chi connectivity index (χ3v) is 10.3. The fourth-order valence-electron chi connectivity index (χ4n) is 8.53. The molecule has 0 aromatic heterocycles. The van der Waals surface area contributed by atoms with Crippen LogP contribution in [0.25, 0.3) is 0 Å². The Kier molecular flexibility index (Phi) is 5.63. The second kappa shape index (κ2) is 7.66. The molecule has 4 aliphatic rings. The number of esters is 1. The van der Waals surface area contributed by atoms with Gasteiger partial charge in [0, 0.05) is 18.3 Å². The van der Waals surface area contributed by atoms with E-state index in [4.69, 9.17) is 4.74 Å². The topological polar surface area (TPSA) is 63.6 Å². The SMILES string of the molecule is COC(=O)CC[C@@H](C)C1CCC2C3CCC4C[C@H](O)CCC4(C)C3CC(=O)C21C. The van der Waals surface area contributed by atoms with Crippen molar-refractivity contribution in [3.63, 3.8) is 0 Å². The van der Waals surface area contributed by atoms with E-state index in [-0.39, 0.29) is 22.9 Å². The zero-order chi connectivity index (χ0) is 21.0. The molecule has 7 unspecified atom stereocenters. The molecule has 0 amide bonds. The van der Waals surface area contributed by atoms with Crippen molar-refractivity contribution >= 4 is 11.8 Å². The Morgan fingerprint density at radius 2 is 1.93 bits per heavy atom. The van der Waals surface area contributed by atoms with Gasteiger partial charge < -0.3 is 9.84 Å². The van der Waals surface area contributed by atoms with Gasteiger partial charge in [0.1, 0.15) is 5.78 Å². The first-order valence-corrected chi connectivity index (χ1v) is 12.0. The van der Waals surface area contributed by atoms with Crippen molar-refractivity contribution in [2.75, 3.05) is 7.11 Å². The van der Waals surface area contributed by atoms with Crippen molar-refractivity contribution in [1.82, 2.24) is 0 Å². The summed E-state index contributed by atoms with van der Waals surface area (Å²) in [5.41, 5.74) is 0.0157. The lowest BCUT2D eigenvalue weighted by molar-refractivity contribution is -0.160. The Hall–Kier alpha value is -0.900. The Morgan fingerprint density at radius 3 is 2.66 bits per heavy atom. The molecule has 4 saturated carbocycles. The van der Waals surface area contributed by atoms with Gasteiger partial charge in [-0.3, -0.25) is 9.59 Å². The van der Waals surface area contributed by atoms with E-state index in [1.165, 1.54) is 26.4 Å². The van der Waals surface area contributed by atoms with Crippen molar-refractivity contribution in [3.8, 4) is 0 Å². The summed E-state index contributed by atoms with van der Waals surface area (Å²) in [6.45, 7) is 6.94. The van der Waals surface area contributed by atoms with Crippen molar-refractivity contribution < 1.29 is 19.4 Å². The number of hydrogen-bond donors (Lipinski definition) is 1. The first-order valence-electron chi connectivity index (χ1n) is 12.0. The summed E-state index contributed by atoms with van der Waals surface area (Å²) < 4.78 is 4.83. The zero-order valence-electron chi connectivity index (χ0n) is 18.8. The fraction of sp³-hybridized carbons (Fsp3) is 0.920. The largest absolute Gasteiger partial charge is 0.469 e. The zero-order valence-corrected chi connectivity index (χ0v) is 18.8. The van der Waals surface area contributed by atoms with E-state index in [2.05, 4.69) is 20.8 Å². The summed E-state index contributed by atoms with van der Waals surface area (Å²) in [5.74, 6) is 3.37. The predicted molar refractivity (Wildman–Crippen MR) is 112 cm³/mol. The lowest BCUT2D eigenvalue weighted by atomic mass is 9.44. The van der Waals surface area contributed by atoms with Crippen LogP contribution < -0.4 is 0 Å². The molecule has 4 nitrogen and oxygen atoms in total. The molecule has 4 heteroatoms. The summed E-state index contributed by atoms with van der Waals surface area (Å²) >= 11 is 0. The summed E-state index contributed by atoms with van der Waals surface area (Å²) in [6, 6.07) is 0. The minimum atomic E-state index is -0.214. The normalized spacial score (nSPS) is 47.7. The smallest absolute Gasteiger partial charge is 0.305 e. The number of rotatable bonds is 4. The standard InChI is InChI=1S/C25H40O4/c1-15(5-10-23(28)29-4)19-8-9-20-18-7-6-16-13-17(26)11-12-24(16,2)21(18)14-22(27)25(19,20)3/h15-21,26H,5-14H2,1-4H3/t15-,16?,17-,18?,19?,20?,21?,24?,25?/m1/s1. The monoisotopic (exact) mass is 404 g/mol. The maximum Gasteiger partial charge on any atom is 0.305 e. The molecule has 0 aliphatic heterocycles. The maximum atomic E-state index is 13.7. The second-order valence-electron chi connectivity index (χ2n) is 11.3. The van der Waals surface area contributed by atoms with Gasteiger partial charge in [0.2, 0.25) is 0 Å². The highest BCUT2D eigenvalue weighted by atomic mass is 16.5. The number of carbonyl (C=O) groups is 2. The molecule has 164 valence electrons. The van der Waals surface area contributed by atoms with Crippen LogP contribution >= 0.6 is 0 Å². The lowest BCUT2D eigenvalue weighted by Gasteiger charge is -2.60. The fourth-order valence-corrected chi connectivity index (χ4v) is 8.53. The number of fused-ring (bicyclic) bond motifs is 5. The van der Waals surface area contributed by atoms with Gasteiger partial charge in [0.05, 0.1) is 13.2 Å². The van der Waals surface area contributed by atoms with Gasteiger partial charge >= 0.3 is 5.97 Å². The lowest BCUT2D eigenvalue weighted by Crippen LogP contribution is -2.57. The second-order valence-corrected chi connectivity index (χ2v) is 11.3. The van der Waals surface area contributed by atoms with Gasteiger partial charge in [-0.1, -0.05) is 20.8 Å². The van der Waals surface area contributed by atoms with Gasteiger partial charge in [-0.15, -0.1) is 0 Å². The van der Waals surface area contributed by atoms with E-state index in [0.717, 1.165) is 38.5 Å². The van der Waals surface area contributed by atoms with Crippen LogP contribution in [0.3, 0.4) is 0 Å². The van der Waals surface area contributed by atoms with Crippen LogP contribution in [-0.4, -0.2) is 30.1 Å². The number of ether oxygens (including phenoxy) is 1. The first kappa shape index (κ1) is 21.3. The highest BCUT2D eigenvalue weighted by molar-refractivity contribution is 5.87.